The molecule has 0 aliphatic heterocycles. The van der Waals surface area contributed by atoms with Crippen molar-refractivity contribution in [2.24, 2.45) is 0 Å². The van der Waals surface area contributed by atoms with Gasteiger partial charge in [0.1, 0.15) is 5.82 Å². The zero-order chi connectivity index (χ0) is 20.5. The monoisotopic (exact) mass is 386 g/mol. The summed E-state index contributed by atoms with van der Waals surface area (Å²) in [5.41, 5.74) is 1.73. The number of carbonyl (C=O) groups excluding carboxylic acids is 3. The van der Waals surface area contributed by atoms with E-state index < -0.39 is 5.97 Å². The molecule has 2 aromatic carbocycles. The number of nitrogens with one attached hydrogen (secondary N) is 1. The third-order valence-corrected chi connectivity index (χ3v) is 4.21. The van der Waals surface area contributed by atoms with Crippen LogP contribution >= 0.6 is 0 Å². The fourth-order valence-electron chi connectivity index (χ4n) is 2.64. The van der Waals surface area contributed by atoms with Crippen molar-refractivity contribution in [1.82, 2.24) is 4.90 Å². The highest BCUT2D eigenvalue weighted by Crippen LogP contribution is 2.12. The first-order valence-corrected chi connectivity index (χ1v) is 8.87. The van der Waals surface area contributed by atoms with Crippen molar-refractivity contribution >= 4 is 23.5 Å². The Morgan fingerprint density at radius 2 is 1.79 bits per heavy atom. The van der Waals surface area contributed by atoms with Gasteiger partial charge in [-0.25, -0.2) is 9.18 Å². The van der Waals surface area contributed by atoms with E-state index in [0.717, 1.165) is 5.56 Å². The first-order chi connectivity index (χ1) is 13.4. The van der Waals surface area contributed by atoms with E-state index in [1.807, 2.05) is 0 Å². The number of benzene rings is 2. The van der Waals surface area contributed by atoms with E-state index in [2.05, 4.69) is 10.1 Å². The summed E-state index contributed by atoms with van der Waals surface area (Å²) in [5, 5.41) is 2.71. The number of rotatable bonds is 8. The van der Waals surface area contributed by atoms with Crippen molar-refractivity contribution in [3.8, 4) is 0 Å². The zero-order valence-corrected chi connectivity index (χ0v) is 15.9. The number of hydrogen-bond acceptors (Lipinski definition) is 4. The van der Waals surface area contributed by atoms with Crippen LogP contribution in [0.1, 0.15) is 29.3 Å². The fourth-order valence-corrected chi connectivity index (χ4v) is 2.64. The molecule has 0 unspecified atom stereocenters. The fraction of sp³-hybridized carbons (Fsp3) is 0.286. The summed E-state index contributed by atoms with van der Waals surface area (Å²) < 4.78 is 17.6. The molecule has 6 nitrogen and oxygen atoms in total. The predicted molar refractivity (Wildman–Crippen MR) is 103 cm³/mol. The molecule has 0 radical (unpaired) electrons. The number of nitrogens with zero attached hydrogens (tertiary/aromatic N) is 1. The number of amides is 2. The normalized spacial score (nSPS) is 10.2. The molecule has 0 aromatic heterocycles. The van der Waals surface area contributed by atoms with Crippen LogP contribution in [0.15, 0.2) is 48.5 Å². The Hall–Kier alpha value is -3.22. The van der Waals surface area contributed by atoms with Crippen molar-refractivity contribution in [3.05, 3.63) is 65.5 Å². The van der Waals surface area contributed by atoms with E-state index in [4.69, 9.17) is 0 Å². The van der Waals surface area contributed by atoms with Crippen LogP contribution < -0.4 is 5.32 Å². The van der Waals surface area contributed by atoms with Crippen molar-refractivity contribution in [2.45, 2.75) is 19.8 Å². The number of esters is 1. The summed E-state index contributed by atoms with van der Waals surface area (Å²) in [6, 6.07) is 12.5. The molecular formula is C21H23FN2O4. The molecule has 0 saturated heterocycles. The lowest BCUT2D eigenvalue weighted by Gasteiger charge is -2.21. The smallest absolute Gasteiger partial charge is 0.337 e. The predicted octanol–water partition coefficient (Wildman–Crippen LogP) is 3.03. The molecule has 0 fully saturated rings. The molecule has 0 heterocycles. The largest absolute Gasteiger partial charge is 0.465 e. The maximum atomic E-state index is 13.0. The molecular weight excluding hydrogens is 363 g/mol. The molecule has 0 aliphatic carbocycles. The second-order valence-corrected chi connectivity index (χ2v) is 6.25. The van der Waals surface area contributed by atoms with Gasteiger partial charge in [-0.1, -0.05) is 18.2 Å². The molecule has 0 spiro atoms. The molecule has 1 N–H and O–H groups in total. The highest BCUT2D eigenvalue weighted by atomic mass is 19.1. The summed E-state index contributed by atoms with van der Waals surface area (Å²) >= 11 is 0. The second-order valence-electron chi connectivity index (χ2n) is 6.25. The van der Waals surface area contributed by atoms with Gasteiger partial charge in [0.25, 0.3) is 0 Å². The van der Waals surface area contributed by atoms with Crippen LogP contribution in [0.25, 0.3) is 0 Å². The Balaban J connectivity index is 1.87. The maximum Gasteiger partial charge on any atom is 0.337 e. The van der Waals surface area contributed by atoms with Crippen LogP contribution in [0.2, 0.25) is 0 Å². The molecule has 2 aromatic rings. The minimum Gasteiger partial charge on any atom is -0.465 e. The third kappa shape index (κ3) is 6.50. The van der Waals surface area contributed by atoms with Crippen LogP contribution in [-0.4, -0.2) is 42.9 Å². The van der Waals surface area contributed by atoms with Gasteiger partial charge in [0.15, 0.2) is 0 Å². The van der Waals surface area contributed by atoms with Crippen LogP contribution in [-0.2, 0) is 20.7 Å². The minimum absolute atomic E-state index is 0.117. The summed E-state index contributed by atoms with van der Waals surface area (Å²) in [4.78, 5) is 37.1. The summed E-state index contributed by atoms with van der Waals surface area (Å²) in [6.07, 6.45) is 0.689. The lowest BCUT2D eigenvalue weighted by molar-refractivity contribution is -0.129. The summed E-state index contributed by atoms with van der Waals surface area (Å²) in [6.45, 7) is 2.15. The van der Waals surface area contributed by atoms with Gasteiger partial charge < -0.3 is 15.0 Å². The topological polar surface area (TPSA) is 75.7 Å². The summed E-state index contributed by atoms with van der Waals surface area (Å²) in [5.74, 6) is -1.20. The Morgan fingerprint density at radius 1 is 1.07 bits per heavy atom. The van der Waals surface area contributed by atoms with E-state index in [1.165, 1.54) is 32.2 Å². The average molecular weight is 386 g/mol. The van der Waals surface area contributed by atoms with E-state index in [0.29, 0.717) is 24.2 Å². The van der Waals surface area contributed by atoms with Crippen LogP contribution in [0, 0.1) is 5.82 Å². The standard InChI is InChI=1S/C21H23FN2O4/c1-15(25)24(12-10-16-6-8-18(22)9-7-16)13-11-20(26)23-19-5-3-4-17(14-19)21(27)28-2/h3-9,14H,10-13H2,1-2H3,(H,23,26). The van der Waals surface area contributed by atoms with Gasteiger partial charge in [0, 0.05) is 32.1 Å². The number of halogens is 1. The minimum atomic E-state index is -0.486. The van der Waals surface area contributed by atoms with Crippen molar-refractivity contribution < 1.29 is 23.5 Å². The first kappa shape index (κ1) is 21.1. The van der Waals surface area contributed by atoms with Crippen LogP contribution in [0.5, 0.6) is 0 Å². The van der Waals surface area contributed by atoms with Crippen molar-refractivity contribution in [2.75, 3.05) is 25.5 Å². The van der Waals surface area contributed by atoms with Gasteiger partial charge in [0.05, 0.1) is 12.7 Å². The average Bonchev–Trinajstić information content (AvgIpc) is 2.68. The lowest BCUT2D eigenvalue weighted by Crippen LogP contribution is -2.33. The van der Waals surface area contributed by atoms with E-state index in [9.17, 15) is 18.8 Å². The van der Waals surface area contributed by atoms with Gasteiger partial charge in [-0.3, -0.25) is 9.59 Å². The van der Waals surface area contributed by atoms with Crippen LogP contribution in [0.4, 0.5) is 10.1 Å². The quantitative estimate of drug-likeness (QED) is 0.708. The Labute approximate surface area is 163 Å². The number of carbonyl (C=O) groups is 3. The molecule has 0 aliphatic rings. The SMILES string of the molecule is COC(=O)c1cccc(NC(=O)CCN(CCc2ccc(F)cc2)C(C)=O)c1. The van der Waals surface area contributed by atoms with E-state index in [-0.39, 0.29) is 30.6 Å². The van der Waals surface area contributed by atoms with E-state index in [1.54, 1.807) is 35.2 Å². The molecule has 0 bridgehead atoms. The van der Waals surface area contributed by atoms with Gasteiger partial charge in [0.2, 0.25) is 11.8 Å². The number of anilines is 1. The van der Waals surface area contributed by atoms with Gasteiger partial charge in [-0.2, -0.15) is 0 Å². The van der Waals surface area contributed by atoms with Crippen molar-refractivity contribution in [3.63, 3.8) is 0 Å². The molecule has 148 valence electrons. The Morgan fingerprint density at radius 3 is 2.43 bits per heavy atom. The highest BCUT2D eigenvalue weighted by Gasteiger charge is 2.12. The number of ether oxygens (including phenoxy) is 1. The molecule has 28 heavy (non-hydrogen) atoms. The highest BCUT2D eigenvalue weighted by molar-refractivity contribution is 5.94. The zero-order valence-electron chi connectivity index (χ0n) is 15.9. The van der Waals surface area contributed by atoms with Gasteiger partial charge >= 0.3 is 5.97 Å². The third-order valence-electron chi connectivity index (χ3n) is 4.21. The van der Waals surface area contributed by atoms with Gasteiger partial charge in [-0.05, 0) is 42.3 Å². The number of hydrogen-bond donors (Lipinski definition) is 1. The van der Waals surface area contributed by atoms with Crippen LogP contribution in [0.3, 0.4) is 0 Å². The molecule has 2 amide bonds. The Kier molecular flexibility index (Phi) is 7.68. The summed E-state index contributed by atoms with van der Waals surface area (Å²) in [7, 11) is 1.29. The molecule has 2 rings (SSSR count). The number of methoxy groups -OCH3 is 1. The molecule has 0 atom stereocenters. The lowest BCUT2D eigenvalue weighted by atomic mass is 10.1. The first-order valence-electron chi connectivity index (χ1n) is 8.87. The molecule has 0 saturated carbocycles. The van der Waals surface area contributed by atoms with Gasteiger partial charge in [-0.15, -0.1) is 0 Å². The maximum absolute atomic E-state index is 13.0. The molecule has 7 heteroatoms. The second kappa shape index (κ2) is 10.2. The Bertz CT molecular complexity index is 837. The van der Waals surface area contributed by atoms with Crippen molar-refractivity contribution in [1.29, 1.82) is 0 Å². The van der Waals surface area contributed by atoms with E-state index >= 15 is 0 Å².